The maximum absolute atomic E-state index is 10.6. The fourth-order valence-corrected chi connectivity index (χ4v) is 5.78. The third-order valence-corrected chi connectivity index (χ3v) is 7.23. The third kappa shape index (κ3) is 3.65. The molecule has 2 saturated carbocycles. The summed E-state index contributed by atoms with van der Waals surface area (Å²) in [5.41, 5.74) is 0.461. The van der Waals surface area contributed by atoms with Crippen molar-refractivity contribution in [2.24, 2.45) is 29.1 Å². The van der Waals surface area contributed by atoms with Crippen molar-refractivity contribution >= 4 is 5.97 Å². The molecule has 0 amide bonds. The summed E-state index contributed by atoms with van der Waals surface area (Å²) < 4.78 is 6.14. The Labute approximate surface area is 158 Å². The first-order valence-electron chi connectivity index (χ1n) is 10.8. The van der Waals surface area contributed by atoms with Crippen LogP contribution in [0.5, 0.6) is 0 Å². The SMILES string of the molecule is CCCCCC/C=C/C1C2OCC3C(C)C32[C@@H]1C/C=C\CCCC(=O)O. The fraction of sp³-hybridized carbons (Fsp3) is 0.783. The molecule has 1 aliphatic heterocycles. The zero-order valence-electron chi connectivity index (χ0n) is 16.5. The molecular weight excluding hydrogens is 324 g/mol. The van der Waals surface area contributed by atoms with Gasteiger partial charge < -0.3 is 9.84 Å². The van der Waals surface area contributed by atoms with Gasteiger partial charge in [0, 0.05) is 17.8 Å². The van der Waals surface area contributed by atoms with E-state index in [2.05, 4.69) is 38.2 Å². The molecule has 2 aliphatic carbocycles. The maximum atomic E-state index is 10.6. The van der Waals surface area contributed by atoms with Gasteiger partial charge in [0.25, 0.3) is 0 Å². The molecule has 3 heteroatoms. The van der Waals surface area contributed by atoms with Crippen LogP contribution in [0.3, 0.4) is 0 Å². The summed E-state index contributed by atoms with van der Waals surface area (Å²) in [6.45, 7) is 5.63. The quantitative estimate of drug-likeness (QED) is 0.363. The number of unbranched alkanes of at least 4 members (excludes halogenated alkanes) is 5. The summed E-state index contributed by atoms with van der Waals surface area (Å²) in [5.74, 6) is 2.21. The minimum absolute atomic E-state index is 0.274. The monoisotopic (exact) mass is 360 g/mol. The molecule has 3 aliphatic rings. The van der Waals surface area contributed by atoms with Crippen molar-refractivity contribution in [1.82, 2.24) is 0 Å². The highest BCUT2D eigenvalue weighted by Gasteiger charge is 2.81. The van der Waals surface area contributed by atoms with Crippen LogP contribution in [0.15, 0.2) is 24.3 Å². The smallest absolute Gasteiger partial charge is 0.303 e. The third-order valence-electron chi connectivity index (χ3n) is 7.23. The number of carbonyl (C=O) groups is 1. The summed E-state index contributed by atoms with van der Waals surface area (Å²) >= 11 is 0. The first kappa shape index (κ1) is 19.7. The number of carboxylic acids is 1. The van der Waals surface area contributed by atoms with Crippen LogP contribution in [0.2, 0.25) is 0 Å². The van der Waals surface area contributed by atoms with Gasteiger partial charge >= 0.3 is 5.97 Å². The normalized spacial score (nSPS) is 37.7. The molecule has 5 unspecified atom stereocenters. The van der Waals surface area contributed by atoms with Gasteiger partial charge in [-0.3, -0.25) is 4.79 Å². The molecule has 3 nitrogen and oxygen atoms in total. The molecule has 1 N–H and O–H groups in total. The zero-order valence-corrected chi connectivity index (χ0v) is 16.5. The summed E-state index contributed by atoms with van der Waals surface area (Å²) in [6, 6.07) is 0. The second-order valence-electron chi connectivity index (χ2n) is 8.60. The van der Waals surface area contributed by atoms with Crippen molar-refractivity contribution in [1.29, 1.82) is 0 Å². The van der Waals surface area contributed by atoms with Gasteiger partial charge in [-0.2, -0.15) is 0 Å². The van der Waals surface area contributed by atoms with Crippen LogP contribution < -0.4 is 0 Å². The number of aliphatic carboxylic acids is 1. The van der Waals surface area contributed by atoms with Gasteiger partial charge in [0.05, 0.1) is 12.7 Å². The maximum Gasteiger partial charge on any atom is 0.303 e. The van der Waals surface area contributed by atoms with Crippen molar-refractivity contribution in [3.8, 4) is 0 Å². The van der Waals surface area contributed by atoms with Gasteiger partial charge in [-0.25, -0.2) is 0 Å². The summed E-state index contributed by atoms with van der Waals surface area (Å²) in [5, 5.41) is 8.72. The predicted molar refractivity (Wildman–Crippen MR) is 105 cm³/mol. The Morgan fingerprint density at radius 2 is 1.96 bits per heavy atom. The number of ether oxygens (including phenoxy) is 1. The number of hydrogen-bond donors (Lipinski definition) is 1. The van der Waals surface area contributed by atoms with Crippen molar-refractivity contribution in [2.45, 2.75) is 77.7 Å². The lowest BCUT2D eigenvalue weighted by molar-refractivity contribution is -0.137. The molecule has 0 aromatic heterocycles. The van der Waals surface area contributed by atoms with Crippen LogP contribution in [0.25, 0.3) is 0 Å². The van der Waals surface area contributed by atoms with Crippen LogP contribution in [0.4, 0.5) is 0 Å². The lowest BCUT2D eigenvalue weighted by Gasteiger charge is -2.50. The van der Waals surface area contributed by atoms with Crippen LogP contribution in [-0.2, 0) is 9.53 Å². The van der Waals surface area contributed by atoms with E-state index in [0.29, 0.717) is 17.4 Å². The van der Waals surface area contributed by atoms with Crippen molar-refractivity contribution < 1.29 is 14.6 Å². The molecule has 0 radical (unpaired) electrons. The fourth-order valence-electron chi connectivity index (χ4n) is 5.78. The highest BCUT2D eigenvalue weighted by atomic mass is 16.5. The largest absolute Gasteiger partial charge is 0.481 e. The van der Waals surface area contributed by atoms with E-state index < -0.39 is 5.97 Å². The second kappa shape index (κ2) is 8.73. The second-order valence-corrected chi connectivity index (χ2v) is 8.60. The van der Waals surface area contributed by atoms with Gasteiger partial charge in [0.15, 0.2) is 0 Å². The molecule has 1 heterocycles. The number of carboxylic acid groups (broad SMARTS) is 1. The Balaban J connectivity index is 1.49. The lowest BCUT2D eigenvalue weighted by atomic mass is 9.56. The Hall–Kier alpha value is -1.09. The van der Waals surface area contributed by atoms with Crippen LogP contribution in [0, 0.1) is 29.1 Å². The van der Waals surface area contributed by atoms with Crippen molar-refractivity contribution in [3.63, 3.8) is 0 Å². The van der Waals surface area contributed by atoms with Crippen molar-refractivity contribution in [3.05, 3.63) is 24.3 Å². The van der Waals surface area contributed by atoms with Crippen LogP contribution in [-0.4, -0.2) is 23.8 Å². The molecule has 6 atom stereocenters. The molecule has 26 heavy (non-hydrogen) atoms. The van der Waals surface area contributed by atoms with Crippen molar-refractivity contribution in [2.75, 3.05) is 6.61 Å². The van der Waals surface area contributed by atoms with E-state index in [-0.39, 0.29) is 6.42 Å². The van der Waals surface area contributed by atoms with E-state index in [1.807, 2.05) is 0 Å². The van der Waals surface area contributed by atoms with E-state index in [0.717, 1.165) is 43.6 Å². The molecule has 146 valence electrons. The Kier molecular flexibility index (Phi) is 6.60. The van der Waals surface area contributed by atoms with E-state index in [4.69, 9.17) is 9.84 Å². The standard InChI is InChI=1S/C23H36O3/c1-3-4-5-6-7-10-13-18-19(14-11-8-9-12-15-21(24)25)23-17(2)20(23)16-26-22(18)23/h8,10-11,13,17-20,22H,3-7,9,12,14-16H2,1-2H3,(H,24,25)/b11-8-,13-10+/t17?,18?,19-,20?,22?,23?/m1/s1. The molecule has 0 aromatic rings. The molecule has 3 fully saturated rings. The lowest BCUT2D eigenvalue weighted by Crippen LogP contribution is -2.52. The van der Waals surface area contributed by atoms with E-state index in [1.54, 1.807) is 0 Å². The van der Waals surface area contributed by atoms with Crippen LogP contribution >= 0.6 is 0 Å². The van der Waals surface area contributed by atoms with Gasteiger partial charge in [0.2, 0.25) is 0 Å². The van der Waals surface area contributed by atoms with Gasteiger partial charge in [-0.05, 0) is 49.9 Å². The summed E-state index contributed by atoms with van der Waals surface area (Å²) in [6.07, 6.45) is 19.3. The molecule has 1 spiro atoms. The van der Waals surface area contributed by atoms with Crippen LogP contribution in [0.1, 0.15) is 71.6 Å². The molecule has 1 saturated heterocycles. The van der Waals surface area contributed by atoms with E-state index in [1.165, 1.54) is 32.1 Å². The first-order chi connectivity index (χ1) is 12.6. The molecule has 0 bridgehead atoms. The molecular formula is C23H36O3. The van der Waals surface area contributed by atoms with E-state index in [9.17, 15) is 4.79 Å². The minimum atomic E-state index is -0.694. The highest BCUT2D eigenvalue weighted by molar-refractivity contribution is 5.66. The average molecular weight is 361 g/mol. The minimum Gasteiger partial charge on any atom is -0.481 e. The number of hydrogen-bond acceptors (Lipinski definition) is 2. The Bertz CT molecular complexity index is 538. The molecule has 0 aromatic carbocycles. The first-order valence-corrected chi connectivity index (χ1v) is 10.8. The van der Waals surface area contributed by atoms with Gasteiger partial charge in [0.1, 0.15) is 0 Å². The average Bonchev–Trinajstić information content (AvgIpc) is 3.06. The Morgan fingerprint density at radius 3 is 2.69 bits per heavy atom. The number of rotatable bonds is 12. The van der Waals surface area contributed by atoms with Gasteiger partial charge in [-0.1, -0.05) is 57.4 Å². The molecule has 3 rings (SSSR count). The predicted octanol–water partition coefficient (Wildman–Crippen LogP) is 5.61. The zero-order chi connectivity index (χ0) is 18.6. The topological polar surface area (TPSA) is 46.5 Å². The number of allylic oxidation sites excluding steroid dienone is 3. The van der Waals surface area contributed by atoms with E-state index >= 15 is 0 Å². The van der Waals surface area contributed by atoms with Gasteiger partial charge in [-0.15, -0.1) is 0 Å². The summed E-state index contributed by atoms with van der Waals surface area (Å²) in [4.78, 5) is 10.6. The summed E-state index contributed by atoms with van der Waals surface area (Å²) in [7, 11) is 0. The highest BCUT2D eigenvalue weighted by Crippen LogP contribution is 2.79. The Morgan fingerprint density at radius 1 is 1.15 bits per heavy atom.